The molecule has 2 heterocycles. The maximum Gasteiger partial charge on any atom is 0.251 e. The van der Waals surface area contributed by atoms with E-state index in [1.807, 2.05) is 19.1 Å². The van der Waals surface area contributed by atoms with Crippen LogP contribution in [0.4, 0.5) is 5.69 Å². The smallest absolute Gasteiger partial charge is 0.251 e. The van der Waals surface area contributed by atoms with E-state index < -0.39 is 15.6 Å². The van der Waals surface area contributed by atoms with Crippen molar-refractivity contribution in [2.45, 2.75) is 57.5 Å². The Bertz CT molecular complexity index is 1070. The lowest BCUT2D eigenvalue weighted by Gasteiger charge is -2.29. The Balaban J connectivity index is 1.81. The molecule has 2 aromatic rings. The Labute approximate surface area is 197 Å². The number of carbonyl (C=O) groups is 1. The second kappa shape index (κ2) is 10.3. The average Bonchev–Trinajstić information content (AvgIpc) is 3.14. The summed E-state index contributed by atoms with van der Waals surface area (Å²) in [6.45, 7) is 10.2. The van der Waals surface area contributed by atoms with Crippen LogP contribution >= 0.6 is 0 Å². The summed E-state index contributed by atoms with van der Waals surface area (Å²) in [6.07, 6.45) is 2.19. The number of anilines is 1. The summed E-state index contributed by atoms with van der Waals surface area (Å²) in [5.74, 6) is 1.63. The zero-order valence-electron chi connectivity index (χ0n) is 20.2. The van der Waals surface area contributed by atoms with Gasteiger partial charge >= 0.3 is 0 Å². The van der Waals surface area contributed by atoms with Gasteiger partial charge in [0.05, 0.1) is 11.4 Å². The highest BCUT2D eigenvalue weighted by Crippen LogP contribution is 2.22. The minimum atomic E-state index is -3.82. The maximum atomic E-state index is 13.0. The molecule has 1 aromatic heterocycles. The molecule has 1 unspecified atom stereocenters. The molecule has 0 radical (unpaired) electrons. The van der Waals surface area contributed by atoms with E-state index in [0.717, 1.165) is 37.5 Å². The number of carbonyl (C=O) groups excluding carboxylic acids is 1. The molecule has 1 atom stereocenters. The van der Waals surface area contributed by atoms with Crippen LogP contribution < -0.4 is 15.4 Å². The van der Waals surface area contributed by atoms with Crippen molar-refractivity contribution >= 4 is 21.6 Å². The number of aryl methyl sites for hydroxylation is 1. The van der Waals surface area contributed by atoms with E-state index in [1.165, 1.54) is 12.1 Å². The van der Waals surface area contributed by atoms with Crippen LogP contribution in [0.2, 0.25) is 0 Å². The van der Waals surface area contributed by atoms with Gasteiger partial charge in [-0.1, -0.05) is 0 Å². The number of hydrogen-bond acceptors (Lipinski definition) is 6. The topological polar surface area (TPSA) is 104 Å². The summed E-state index contributed by atoms with van der Waals surface area (Å²) in [6, 6.07) is 8.37. The molecule has 9 heteroatoms. The van der Waals surface area contributed by atoms with Gasteiger partial charge in [-0.3, -0.25) is 4.79 Å². The fourth-order valence-electron chi connectivity index (χ4n) is 4.00. The van der Waals surface area contributed by atoms with Crippen LogP contribution in [0.25, 0.3) is 0 Å². The van der Waals surface area contributed by atoms with Gasteiger partial charge in [0.2, 0.25) is 10.0 Å². The molecular weight excluding hydrogens is 440 g/mol. The Morgan fingerprint density at radius 3 is 2.61 bits per heavy atom. The second-order valence-corrected chi connectivity index (χ2v) is 11.6. The lowest BCUT2D eigenvalue weighted by Crippen LogP contribution is -2.40. The molecule has 3 rings (SSSR count). The van der Waals surface area contributed by atoms with Crippen molar-refractivity contribution in [3.8, 4) is 0 Å². The van der Waals surface area contributed by atoms with Gasteiger partial charge in [0, 0.05) is 29.9 Å². The number of benzene rings is 1. The molecule has 182 valence electrons. The largest absolute Gasteiger partial charge is 0.465 e. The number of amides is 1. The number of furan rings is 1. The zero-order valence-corrected chi connectivity index (χ0v) is 21.0. The Morgan fingerprint density at radius 1 is 1.21 bits per heavy atom. The molecule has 1 saturated heterocycles. The van der Waals surface area contributed by atoms with Gasteiger partial charge in [-0.15, -0.1) is 0 Å². The van der Waals surface area contributed by atoms with Gasteiger partial charge < -0.3 is 20.0 Å². The van der Waals surface area contributed by atoms with Gasteiger partial charge in [-0.25, -0.2) is 13.1 Å². The van der Waals surface area contributed by atoms with Crippen molar-refractivity contribution in [3.63, 3.8) is 0 Å². The predicted octanol–water partition coefficient (Wildman–Crippen LogP) is 3.35. The van der Waals surface area contributed by atoms with Crippen LogP contribution in [0.15, 0.2) is 39.6 Å². The van der Waals surface area contributed by atoms with E-state index in [4.69, 9.17) is 4.42 Å². The highest BCUT2D eigenvalue weighted by Gasteiger charge is 2.24. The van der Waals surface area contributed by atoms with E-state index in [0.29, 0.717) is 30.3 Å². The number of nitrogens with one attached hydrogen (secondary N) is 3. The Morgan fingerprint density at radius 2 is 1.97 bits per heavy atom. The van der Waals surface area contributed by atoms with Crippen molar-refractivity contribution in [1.82, 2.24) is 14.9 Å². The molecule has 1 amide bonds. The molecular formula is C24H36N4O4S. The summed E-state index contributed by atoms with van der Waals surface area (Å²) in [4.78, 5) is 15.3. The molecule has 33 heavy (non-hydrogen) atoms. The highest BCUT2D eigenvalue weighted by molar-refractivity contribution is 7.89. The van der Waals surface area contributed by atoms with Crippen LogP contribution in [0.3, 0.4) is 0 Å². The van der Waals surface area contributed by atoms with E-state index in [9.17, 15) is 13.2 Å². The van der Waals surface area contributed by atoms with Crippen molar-refractivity contribution in [2.75, 3.05) is 32.0 Å². The van der Waals surface area contributed by atoms with Crippen molar-refractivity contribution in [3.05, 3.63) is 47.4 Å². The fourth-order valence-corrected chi connectivity index (χ4v) is 5.49. The van der Waals surface area contributed by atoms with Crippen LogP contribution in [0.5, 0.6) is 0 Å². The fraction of sp³-hybridized carbons (Fsp3) is 0.542. The number of likely N-dealkylation sites (tertiary alicyclic amines) is 1. The number of sulfonamides is 1. The summed E-state index contributed by atoms with van der Waals surface area (Å²) >= 11 is 0. The third-order valence-corrected chi connectivity index (χ3v) is 7.19. The van der Waals surface area contributed by atoms with Gasteiger partial charge in [0.25, 0.3) is 5.91 Å². The lowest BCUT2D eigenvalue weighted by molar-refractivity contribution is 0.0936. The van der Waals surface area contributed by atoms with Gasteiger partial charge in [-0.05, 0) is 90.4 Å². The van der Waals surface area contributed by atoms with E-state index >= 15 is 0 Å². The summed E-state index contributed by atoms with van der Waals surface area (Å²) in [7, 11) is -1.73. The van der Waals surface area contributed by atoms with Gasteiger partial charge in [-0.2, -0.15) is 0 Å². The minimum absolute atomic E-state index is 0.0422. The monoisotopic (exact) mass is 476 g/mol. The predicted molar refractivity (Wildman–Crippen MR) is 130 cm³/mol. The number of nitrogens with zero attached hydrogens (tertiary/aromatic N) is 1. The maximum absolute atomic E-state index is 13.0. The standard InChI is InChI=1S/C24H36N4O4S/c1-17-8-9-21(32-17)15-25-20-11-19(12-22(13-20)33(30,31)27-24(2,3)4)23(29)26-14-18-7-6-10-28(5)16-18/h8-9,11-13,18,25,27H,6-7,10,14-16H2,1-5H3,(H,26,29). The van der Waals surface area contributed by atoms with Gasteiger partial charge in [0.1, 0.15) is 11.5 Å². The van der Waals surface area contributed by atoms with Crippen LogP contribution in [-0.2, 0) is 16.6 Å². The van der Waals surface area contributed by atoms with Crippen LogP contribution in [0, 0.1) is 12.8 Å². The minimum Gasteiger partial charge on any atom is -0.465 e. The molecule has 1 aliphatic heterocycles. The van der Waals surface area contributed by atoms with E-state index in [-0.39, 0.29) is 10.8 Å². The molecule has 0 bridgehead atoms. The molecule has 1 fully saturated rings. The third kappa shape index (κ3) is 7.58. The second-order valence-electron chi connectivity index (χ2n) is 9.95. The van der Waals surface area contributed by atoms with Crippen molar-refractivity contribution in [1.29, 1.82) is 0 Å². The van der Waals surface area contributed by atoms with Crippen LogP contribution in [0.1, 0.15) is 55.5 Å². The number of piperidine rings is 1. The lowest BCUT2D eigenvalue weighted by atomic mass is 9.98. The summed E-state index contributed by atoms with van der Waals surface area (Å²) < 4.78 is 34.2. The summed E-state index contributed by atoms with van der Waals surface area (Å²) in [5, 5.41) is 6.18. The molecule has 3 N–H and O–H groups in total. The van der Waals surface area contributed by atoms with Crippen molar-refractivity contribution in [2.24, 2.45) is 5.92 Å². The number of hydrogen-bond donors (Lipinski definition) is 3. The van der Waals surface area contributed by atoms with E-state index in [1.54, 1.807) is 26.8 Å². The number of rotatable bonds is 8. The third-order valence-electron chi connectivity index (χ3n) is 5.46. The molecule has 1 aromatic carbocycles. The van der Waals surface area contributed by atoms with E-state index in [2.05, 4.69) is 27.3 Å². The summed E-state index contributed by atoms with van der Waals surface area (Å²) in [5.41, 5.74) is 0.182. The Hall–Kier alpha value is -2.36. The first-order valence-corrected chi connectivity index (χ1v) is 12.8. The molecule has 8 nitrogen and oxygen atoms in total. The average molecular weight is 477 g/mol. The quantitative estimate of drug-likeness (QED) is 0.540. The van der Waals surface area contributed by atoms with Crippen LogP contribution in [-0.4, -0.2) is 51.4 Å². The molecule has 0 spiro atoms. The highest BCUT2D eigenvalue weighted by atomic mass is 32.2. The zero-order chi connectivity index (χ0) is 24.2. The van der Waals surface area contributed by atoms with Gasteiger partial charge in [0.15, 0.2) is 0 Å². The normalized spacial score (nSPS) is 17.7. The molecule has 1 aliphatic rings. The first-order chi connectivity index (χ1) is 15.4. The SMILES string of the molecule is Cc1ccc(CNc2cc(C(=O)NCC3CCCN(C)C3)cc(S(=O)(=O)NC(C)(C)C)c2)o1. The molecule has 0 saturated carbocycles. The first-order valence-electron chi connectivity index (χ1n) is 11.4. The first kappa shape index (κ1) is 25.3. The molecule has 0 aliphatic carbocycles. The Kier molecular flexibility index (Phi) is 7.87. The van der Waals surface area contributed by atoms with Crippen molar-refractivity contribution < 1.29 is 17.6 Å².